The highest BCUT2D eigenvalue weighted by Crippen LogP contribution is 2.29. The van der Waals surface area contributed by atoms with E-state index in [-0.39, 0.29) is 12.5 Å². The van der Waals surface area contributed by atoms with E-state index in [1.165, 1.54) is 19.3 Å². The van der Waals surface area contributed by atoms with Crippen LogP contribution in [0.1, 0.15) is 36.5 Å². The van der Waals surface area contributed by atoms with Crippen molar-refractivity contribution < 1.29 is 14.3 Å². The predicted molar refractivity (Wildman–Crippen MR) is 121 cm³/mol. The van der Waals surface area contributed by atoms with Crippen molar-refractivity contribution in [3.05, 3.63) is 60.2 Å². The standard InChI is InChI=1S/C24H26N4O3/c1-16-5-2-3-14-28(16)21-13-10-17-6-4-7-20(23(17)27-21)31-15-22(29)26-19-11-8-18(9-12-19)24(25)30/h4,6-13,16H,2-3,5,14-15H2,1H3,(H2,25,30)(H,26,29)/t16-/m0/s1. The molecule has 0 bridgehead atoms. The molecule has 2 amide bonds. The first kappa shape index (κ1) is 20.7. The maximum atomic E-state index is 12.3. The molecule has 0 saturated carbocycles. The molecule has 1 fully saturated rings. The SMILES string of the molecule is C[C@H]1CCCCN1c1ccc2cccc(OCC(=O)Nc3ccc(C(N)=O)cc3)c2n1. The third-order valence-corrected chi connectivity index (χ3v) is 5.58. The highest BCUT2D eigenvalue weighted by Gasteiger charge is 2.20. The molecule has 1 aliphatic rings. The van der Waals surface area contributed by atoms with Crippen LogP contribution in [0.2, 0.25) is 0 Å². The normalized spacial score (nSPS) is 16.2. The smallest absolute Gasteiger partial charge is 0.262 e. The van der Waals surface area contributed by atoms with Crippen LogP contribution in [0, 0.1) is 0 Å². The number of ether oxygens (including phenoxy) is 1. The predicted octanol–water partition coefficient (Wildman–Crippen LogP) is 3.73. The Morgan fingerprint density at radius 3 is 2.68 bits per heavy atom. The first-order valence-corrected chi connectivity index (χ1v) is 10.5. The van der Waals surface area contributed by atoms with Crippen LogP contribution in [0.4, 0.5) is 11.5 Å². The fourth-order valence-electron chi connectivity index (χ4n) is 3.88. The zero-order valence-electron chi connectivity index (χ0n) is 17.5. The van der Waals surface area contributed by atoms with Crippen molar-refractivity contribution in [3.8, 4) is 5.75 Å². The lowest BCUT2D eigenvalue weighted by Gasteiger charge is -2.34. The molecule has 0 radical (unpaired) electrons. The van der Waals surface area contributed by atoms with Crippen molar-refractivity contribution in [2.75, 3.05) is 23.4 Å². The maximum absolute atomic E-state index is 12.3. The molecule has 7 heteroatoms. The van der Waals surface area contributed by atoms with Gasteiger partial charge in [0.1, 0.15) is 17.1 Å². The second-order valence-electron chi connectivity index (χ2n) is 7.81. The lowest BCUT2D eigenvalue weighted by Crippen LogP contribution is -2.37. The van der Waals surface area contributed by atoms with Crippen molar-refractivity contribution in [2.45, 2.75) is 32.2 Å². The van der Waals surface area contributed by atoms with Gasteiger partial charge in [0, 0.05) is 29.2 Å². The van der Waals surface area contributed by atoms with Crippen molar-refractivity contribution in [3.63, 3.8) is 0 Å². The van der Waals surface area contributed by atoms with Gasteiger partial charge in [0.2, 0.25) is 5.91 Å². The number of pyridine rings is 1. The lowest BCUT2D eigenvalue weighted by molar-refractivity contribution is -0.118. The number of piperidine rings is 1. The summed E-state index contributed by atoms with van der Waals surface area (Å²) in [5, 5.41) is 3.72. The number of nitrogens with zero attached hydrogens (tertiary/aromatic N) is 2. The molecule has 3 N–H and O–H groups in total. The Kier molecular flexibility index (Phi) is 6.02. The summed E-state index contributed by atoms with van der Waals surface area (Å²) in [5.41, 5.74) is 6.93. The first-order valence-electron chi connectivity index (χ1n) is 10.5. The number of benzene rings is 2. The molecular weight excluding hydrogens is 392 g/mol. The van der Waals surface area contributed by atoms with Gasteiger partial charge in [0.05, 0.1) is 0 Å². The second kappa shape index (κ2) is 9.04. The number of aromatic nitrogens is 1. The van der Waals surface area contributed by atoms with Gasteiger partial charge in [-0.1, -0.05) is 12.1 Å². The quantitative estimate of drug-likeness (QED) is 0.636. The molecule has 0 spiro atoms. The summed E-state index contributed by atoms with van der Waals surface area (Å²) in [5.74, 6) is 0.700. The minimum Gasteiger partial charge on any atom is -0.481 e. The zero-order valence-corrected chi connectivity index (χ0v) is 17.5. The van der Waals surface area contributed by atoms with Gasteiger partial charge in [-0.25, -0.2) is 4.98 Å². The molecule has 160 valence electrons. The summed E-state index contributed by atoms with van der Waals surface area (Å²) in [6, 6.07) is 16.6. The molecule has 4 rings (SSSR count). The number of anilines is 2. The third-order valence-electron chi connectivity index (χ3n) is 5.58. The number of hydrogen-bond donors (Lipinski definition) is 2. The second-order valence-corrected chi connectivity index (χ2v) is 7.81. The van der Waals surface area contributed by atoms with Gasteiger partial charge in [0.25, 0.3) is 5.91 Å². The Morgan fingerprint density at radius 1 is 1.13 bits per heavy atom. The zero-order chi connectivity index (χ0) is 21.8. The van der Waals surface area contributed by atoms with Crippen LogP contribution in [-0.4, -0.2) is 36.0 Å². The van der Waals surface area contributed by atoms with Crippen molar-refractivity contribution in [1.82, 2.24) is 4.98 Å². The summed E-state index contributed by atoms with van der Waals surface area (Å²) in [6.07, 6.45) is 3.58. The molecule has 2 heterocycles. The van der Waals surface area contributed by atoms with E-state index in [0.717, 1.165) is 23.3 Å². The minimum atomic E-state index is -0.511. The Labute approximate surface area is 181 Å². The molecule has 7 nitrogen and oxygen atoms in total. The number of amides is 2. The van der Waals surface area contributed by atoms with Crippen LogP contribution in [0.25, 0.3) is 10.9 Å². The lowest BCUT2D eigenvalue weighted by atomic mass is 10.0. The molecule has 3 aromatic rings. The van der Waals surface area contributed by atoms with Crippen LogP contribution >= 0.6 is 0 Å². The minimum absolute atomic E-state index is 0.150. The summed E-state index contributed by atoms with van der Waals surface area (Å²) in [7, 11) is 0. The molecule has 1 atom stereocenters. The Balaban J connectivity index is 1.46. The molecule has 1 saturated heterocycles. The van der Waals surface area contributed by atoms with Crippen LogP contribution in [0.15, 0.2) is 54.6 Å². The number of nitrogens with one attached hydrogen (secondary N) is 1. The van der Waals surface area contributed by atoms with E-state index in [4.69, 9.17) is 15.5 Å². The fourth-order valence-corrected chi connectivity index (χ4v) is 3.88. The van der Waals surface area contributed by atoms with E-state index in [9.17, 15) is 9.59 Å². The molecule has 2 aromatic carbocycles. The van der Waals surface area contributed by atoms with Crippen molar-refractivity contribution in [1.29, 1.82) is 0 Å². The average Bonchev–Trinajstić information content (AvgIpc) is 2.78. The number of carbonyl (C=O) groups excluding carboxylic acids is 2. The van der Waals surface area contributed by atoms with Crippen molar-refractivity contribution >= 4 is 34.2 Å². The number of para-hydroxylation sites is 1. The Morgan fingerprint density at radius 2 is 1.94 bits per heavy atom. The Hall–Kier alpha value is -3.61. The van der Waals surface area contributed by atoms with Crippen LogP contribution in [-0.2, 0) is 4.79 Å². The number of nitrogens with two attached hydrogens (primary N) is 1. The number of hydrogen-bond acceptors (Lipinski definition) is 5. The molecular formula is C24H26N4O3. The summed E-state index contributed by atoms with van der Waals surface area (Å²) >= 11 is 0. The first-order chi connectivity index (χ1) is 15.0. The molecule has 31 heavy (non-hydrogen) atoms. The van der Waals surface area contributed by atoms with E-state index in [1.807, 2.05) is 24.3 Å². The molecule has 0 aliphatic carbocycles. The molecule has 1 aromatic heterocycles. The summed E-state index contributed by atoms with van der Waals surface area (Å²) in [4.78, 5) is 30.7. The highest BCUT2D eigenvalue weighted by atomic mass is 16.5. The van der Waals surface area contributed by atoms with Crippen molar-refractivity contribution in [2.24, 2.45) is 5.73 Å². The van der Waals surface area contributed by atoms with Gasteiger partial charge in [-0.2, -0.15) is 0 Å². The topological polar surface area (TPSA) is 97.5 Å². The van der Waals surface area contributed by atoms with E-state index < -0.39 is 5.91 Å². The van der Waals surface area contributed by atoms with E-state index >= 15 is 0 Å². The van der Waals surface area contributed by atoms with E-state index in [0.29, 0.717) is 23.0 Å². The average molecular weight is 418 g/mol. The summed E-state index contributed by atoms with van der Waals surface area (Å²) < 4.78 is 5.82. The number of rotatable bonds is 6. The van der Waals surface area contributed by atoms with Crippen LogP contribution < -0.4 is 20.7 Å². The number of fused-ring (bicyclic) bond motifs is 1. The van der Waals surface area contributed by atoms with Gasteiger partial charge in [-0.3, -0.25) is 9.59 Å². The van der Waals surface area contributed by atoms with Gasteiger partial charge in [-0.15, -0.1) is 0 Å². The maximum Gasteiger partial charge on any atom is 0.262 e. The molecule has 0 unspecified atom stereocenters. The molecule has 1 aliphatic heterocycles. The van der Waals surface area contributed by atoms with E-state index in [1.54, 1.807) is 24.3 Å². The Bertz CT molecular complexity index is 1100. The fraction of sp³-hybridized carbons (Fsp3) is 0.292. The van der Waals surface area contributed by atoms with Gasteiger partial charge in [0.15, 0.2) is 6.61 Å². The van der Waals surface area contributed by atoms with Gasteiger partial charge >= 0.3 is 0 Å². The monoisotopic (exact) mass is 418 g/mol. The van der Waals surface area contributed by atoms with Gasteiger partial charge in [-0.05, 0) is 68.7 Å². The largest absolute Gasteiger partial charge is 0.481 e. The number of carbonyl (C=O) groups is 2. The highest BCUT2D eigenvalue weighted by molar-refractivity contribution is 5.95. The number of primary amides is 1. The van der Waals surface area contributed by atoms with E-state index in [2.05, 4.69) is 23.2 Å². The summed E-state index contributed by atoms with van der Waals surface area (Å²) in [6.45, 7) is 3.08. The third kappa shape index (κ3) is 4.77. The van der Waals surface area contributed by atoms with Crippen LogP contribution in [0.5, 0.6) is 5.75 Å². The van der Waals surface area contributed by atoms with Crippen LogP contribution in [0.3, 0.4) is 0 Å². The van der Waals surface area contributed by atoms with Gasteiger partial charge < -0.3 is 20.7 Å².